The third-order valence-electron chi connectivity index (χ3n) is 5.23. The standard InChI is InChI=1S/C19H27NO2/c20-18-16(14-8-3-1-4-9-14)12-7-13-17(18)19(21)22-15-10-5-2-6-11-15/h7,12-15H,1-6,8-11,20H2. The van der Waals surface area contributed by atoms with E-state index in [0.717, 1.165) is 31.2 Å². The number of nitrogen functional groups attached to an aromatic ring is 1. The highest BCUT2D eigenvalue weighted by Gasteiger charge is 2.23. The summed E-state index contributed by atoms with van der Waals surface area (Å²) in [5, 5.41) is 0. The van der Waals surface area contributed by atoms with Crippen LogP contribution in [0.15, 0.2) is 18.2 Å². The largest absolute Gasteiger partial charge is 0.459 e. The topological polar surface area (TPSA) is 52.3 Å². The fraction of sp³-hybridized carbons (Fsp3) is 0.632. The van der Waals surface area contributed by atoms with Gasteiger partial charge in [-0.25, -0.2) is 4.79 Å². The molecule has 0 bridgehead atoms. The molecule has 0 atom stereocenters. The van der Waals surface area contributed by atoms with Crippen molar-refractivity contribution < 1.29 is 9.53 Å². The highest BCUT2D eigenvalue weighted by molar-refractivity contribution is 5.96. The average Bonchev–Trinajstić information content (AvgIpc) is 2.56. The van der Waals surface area contributed by atoms with Gasteiger partial charge in [0.05, 0.1) is 5.56 Å². The van der Waals surface area contributed by atoms with E-state index in [9.17, 15) is 4.79 Å². The van der Waals surface area contributed by atoms with Crippen LogP contribution >= 0.6 is 0 Å². The highest BCUT2D eigenvalue weighted by atomic mass is 16.5. The van der Waals surface area contributed by atoms with Gasteiger partial charge >= 0.3 is 5.97 Å². The summed E-state index contributed by atoms with van der Waals surface area (Å²) in [5.74, 6) is 0.276. The molecule has 0 aliphatic heterocycles. The van der Waals surface area contributed by atoms with E-state index >= 15 is 0 Å². The maximum atomic E-state index is 12.5. The number of benzene rings is 1. The second-order valence-corrected chi connectivity index (χ2v) is 6.81. The van der Waals surface area contributed by atoms with Crippen LogP contribution in [0.1, 0.15) is 86.0 Å². The third-order valence-corrected chi connectivity index (χ3v) is 5.23. The molecule has 120 valence electrons. The van der Waals surface area contributed by atoms with Gasteiger partial charge < -0.3 is 10.5 Å². The Balaban J connectivity index is 1.73. The summed E-state index contributed by atoms with van der Waals surface area (Å²) in [6.07, 6.45) is 11.9. The Morgan fingerprint density at radius 2 is 1.59 bits per heavy atom. The molecule has 3 heteroatoms. The Kier molecular flexibility index (Phi) is 5.01. The Labute approximate surface area is 133 Å². The summed E-state index contributed by atoms with van der Waals surface area (Å²) >= 11 is 0. The van der Waals surface area contributed by atoms with Gasteiger partial charge in [-0.1, -0.05) is 37.8 Å². The molecular formula is C19H27NO2. The number of hydrogen-bond acceptors (Lipinski definition) is 3. The average molecular weight is 301 g/mol. The predicted octanol–water partition coefficient (Wildman–Crippen LogP) is 4.81. The number of nitrogens with two attached hydrogens (primary N) is 1. The first-order chi connectivity index (χ1) is 10.8. The number of carbonyl (C=O) groups is 1. The van der Waals surface area contributed by atoms with Crippen molar-refractivity contribution in [1.82, 2.24) is 0 Å². The minimum atomic E-state index is -0.234. The Morgan fingerprint density at radius 3 is 2.27 bits per heavy atom. The van der Waals surface area contributed by atoms with Gasteiger partial charge in [-0.05, 0) is 56.1 Å². The molecule has 0 spiro atoms. The summed E-state index contributed by atoms with van der Waals surface area (Å²) in [4.78, 5) is 12.5. The van der Waals surface area contributed by atoms with Crippen molar-refractivity contribution in [1.29, 1.82) is 0 Å². The molecule has 2 aliphatic carbocycles. The summed E-state index contributed by atoms with van der Waals surface area (Å²) in [6.45, 7) is 0. The molecule has 2 N–H and O–H groups in total. The molecule has 3 nitrogen and oxygen atoms in total. The zero-order chi connectivity index (χ0) is 15.4. The van der Waals surface area contributed by atoms with Crippen molar-refractivity contribution >= 4 is 11.7 Å². The second kappa shape index (κ2) is 7.17. The van der Waals surface area contributed by atoms with E-state index in [2.05, 4.69) is 6.07 Å². The van der Waals surface area contributed by atoms with Crippen LogP contribution in [0.4, 0.5) is 5.69 Å². The van der Waals surface area contributed by atoms with Crippen molar-refractivity contribution in [3.63, 3.8) is 0 Å². The quantitative estimate of drug-likeness (QED) is 0.644. The summed E-state index contributed by atoms with van der Waals surface area (Å²) < 4.78 is 5.68. The monoisotopic (exact) mass is 301 g/mol. The smallest absolute Gasteiger partial charge is 0.340 e. The Morgan fingerprint density at radius 1 is 0.955 bits per heavy atom. The van der Waals surface area contributed by atoms with Crippen LogP contribution in [0.25, 0.3) is 0 Å². The molecular weight excluding hydrogens is 274 g/mol. The molecule has 2 fully saturated rings. The molecule has 0 amide bonds. The minimum absolute atomic E-state index is 0.0824. The first kappa shape index (κ1) is 15.4. The van der Waals surface area contributed by atoms with Crippen molar-refractivity contribution in [2.75, 3.05) is 5.73 Å². The Hall–Kier alpha value is -1.51. The minimum Gasteiger partial charge on any atom is -0.459 e. The van der Waals surface area contributed by atoms with E-state index in [-0.39, 0.29) is 12.1 Å². The maximum Gasteiger partial charge on any atom is 0.340 e. The van der Waals surface area contributed by atoms with Gasteiger partial charge in [-0.3, -0.25) is 0 Å². The lowest BCUT2D eigenvalue weighted by Crippen LogP contribution is -2.22. The second-order valence-electron chi connectivity index (χ2n) is 6.81. The van der Waals surface area contributed by atoms with Crippen molar-refractivity contribution in [2.24, 2.45) is 0 Å². The molecule has 3 rings (SSSR count). The number of rotatable bonds is 3. The first-order valence-corrected chi connectivity index (χ1v) is 8.85. The van der Waals surface area contributed by atoms with Gasteiger partial charge in [-0.15, -0.1) is 0 Å². The molecule has 0 aromatic heterocycles. The van der Waals surface area contributed by atoms with Gasteiger partial charge in [0, 0.05) is 5.69 Å². The van der Waals surface area contributed by atoms with Crippen LogP contribution in [0.5, 0.6) is 0 Å². The van der Waals surface area contributed by atoms with Crippen molar-refractivity contribution in [3.8, 4) is 0 Å². The molecule has 0 unspecified atom stereocenters. The zero-order valence-electron chi connectivity index (χ0n) is 13.4. The van der Waals surface area contributed by atoms with Crippen molar-refractivity contribution in [2.45, 2.75) is 76.2 Å². The highest BCUT2D eigenvalue weighted by Crippen LogP contribution is 2.36. The molecule has 0 heterocycles. The molecule has 0 saturated heterocycles. The lowest BCUT2D eigenvalue weighted by molar-refractivity contribution is 0.0212. The number of esters is 1. The molecule has 2 aliphatic rings. The fourth-order valence-electron chi connectivity index (χ4n) is 3.93. The molecule has 22 heavy (non-hydrogen) atoms. The van der Waals surface area contributed by atoms with Gasteiger partial charge in [0.1, 0.15) is 6.10 Å². The van der Waals surface area contributed by atoms with E-state index in [4.69, 9.17) is 10.5 Å². The van der Waals surface area contributed by atoms with E-state index in [0.29, 0.717) is 17.2 Å². The van der Waals surface area contributed by atoms with Crippen LogP contribution in [-0.4, -0.2) is 12.1 Å². The summed E-state index contributed by atoms with van der Waals surface area (Å²) in [5.41, 5.74) is 8.68. The first-order valence-electron chi connectivity index (χ1n) is 8.85. The van der Waals surface area contributed by atoms with Gasteiger partial charge in [0.25, 0.3) is 0 Å². The van der Waals surface area contributed by atoms with E-state index in [1.807, 2.05) is 12.1 Å². The maximum absolute atomic E-state index is 12.5. The van der Waals surface area contributed by atoms with Crippen LogP contribution < -0.4 is 5.73 Å². The van der Waals surface area contributed by atoms with Crippen LogP contribution in [-0.2, 0) is 4.74 Å². The van der Waals surface area contributed by atoms with Crippen LogP contribution in [0.3, 0.4) is 0 Å². The Bertz CT molecular complexity index is 514. The van der Waals surface area contributed by atoms with Gasteiger partial charge in [0.15, 0.2) is 0 Å². The number of hydrogen-bond donors (Lipinski definition) is 1. The number of ether oxygens (including phenoxy) is 1. The lowest BCUT2D eigenvalue weighted by atomic mass is 9.82. The molecule has 2 saturated carbocycles. The van der Waals surface area contributed by atoms with Gasteiger partial charge in [-0.2, -0.15) is 0 Å². The van der Waals surface area contributed by atoms with Crippen molar-refractivity contribution in [3.05, 3.63) is 29.3 Å². The number of para-hydroxylation sites is 1. The molecule has 1 aromatic carbocycles. The normalized spacial score (nSPS) is 20.7. The molecule has 0 radical (unpaired) electrons. The number of carbonyl (C=O) groups excluding carboxylic acids is 1. The summed E-state index contributed by atoms with van der Waals surface area (Å²) in [6, 6.07) is 5.85. The van der Waals surface area contributed by atoms with Crippen LogP contribution in [0, 0.1) is 0 Å². The van der Waals surface area contributed by atoms with Gasteiger partial charge in [0.2, 0.25) is 0 Å². The predicted molar refractivity (Wildman–Crippen MR) is 89.0 cm³/mol. The third kappa shape index (κ3) is 3.45. The lowest BCUT2D eigenvalue weighted by Gasteiger charge is -2.25. The van der Waals surface area contributed by atoms with Crippen LogP contribution in [0.2, 0.25) is 0 Å². The number of anilines is 1. The fourth-order valence-corrected chi connectivity index (χ4v) is 3.93. The SMILES string of the molecule is Nc1c(C(=O)OC2CCCCC2)cccc1C1CCCCC1. The van der Waals surface area contributed by atoms with E-state index in [1.165, 1.54) is 38.5 Å². The summed E-state index contributed by atoms with van der Waals surface area (Å²) in [7, 11) is 0. The molecule has 1 aromatic rings. The van der Waals surface area contributed by atoms with E-state index < -0.39 is 0 Å². The van der Waals surface area contributed by atoms with E-state index in [1.54, 1.807) is 0 Å². The zero-order valence-corrected chi connectivity index (χ0v) is 13.4.